The van der Waals surface area contributed by atoms with E-state index < -0.39 is 0 Å². The minimum absolute atomic E-state index is 0.0955. The van der Waals surface area contributed by atoms with Crippen molar-refractivity contribution in [2.24, 2.45) is 33.9 Å². The number of Topliss-reactive ketones (excluding diaryl/α,β-unsaturated/α-hetero) is 1. The monoisotopic (exact) mass is 496 g/mol. The highest BCUT2D eigenvalue weighted by Crippen LogP contribution is 2.56. The van der Waals surface area contributed by atoms with Crippen LogP contribution in [0.1, 0.15) is 60.0 Å². The molecule has 2 aliphatic carbocycles. The summed E-state index contributed by atoms with van der Waals surface area (Å²) >= 11 is 3.34. The zero-order chi connectivity index (χ0) is 24.1. The molecule has 4 unspecified atom stereocenters. The van der Waals surface area contributed by atoms with Gasteiger partial charge in [0.05, 0.1) is 9.75 Å². The van der Waals surface area contributed by atoms with Crippen molar-refractivity contribution in [1.29, 1.82) is 0 Å². The molecule has 5 nitrogen and oxygen atoms in total. The molecule has 7 heteroatoms. The molecule has 4 N–H and O–H groups in total. The van der Waals surface area contributed by atoms with E-state index in [2.05, 4.69) is 45.7 Å². The lowest BCUT2D eigenvalue weighted by Gasteiger charge is -2.44. The first-order chi connectivity index (χ1) is 16.5. The molecule has 0 aliphatic heterocycles. The topological polar surface area (TPSA) is 79.5 Å². The van der Waals surface area contributed by atoms with Crippen LogP contribution in [0.3, 0.4) is 0 Å². The number of thiophene rings is 2. The van der Waals surface area contributed by atoms with Crippen LogP contribution >= 0.6 is 22.7 Å². The Morgan fingerprint density at radius 1 is 1.12 bits per heavy atom. The van der Waals surface area contributed by atoms with Gasteiger partial charge in [0.1, 0.15) is 0 Å². The summed E-state index contributed by atoms with van der Waals surface area (Å²) in [6.07, 6.45) is 6.60. The van der Waals surface area contributed by atoms with Crippen molar-refractivity contribution in [3.63, 3.8) is 0 Å². The normalized spacial score (nSPS) is 26.9. The number of carbonyl (C=O) groups excluding carboxylic acids is 1. The van der Waals surface area contributed by atoms with Gasteiger partial charge in [-0.1, -0.05) is 5.92 Å². The average Bonchev–Trinajstić information content (AvgIpc) is 3.58. The Balaban J connectivity index is 1.53. The highest BCUT2D eigenvalue weighted by Gasteiger charge is 2.51. The van der Waals surface area contributed by atoms with E-state index in [1.807, 2.05) is 20.0 Å². The van der Waals surface area contributed by atoms with E-state index in [1.54, 1.807) is 29.7 Å². The lowest BCUT2D eigenvalue weighted by atomic mass is 9.60. The maximum Gasteiger partial charge on any atom is 0.188 e. The van der Waals surface area contributed by atoms with Gasteiger partial charge in [0.2, 0.25) is 0 Å². The Kier molecular flexibility index (Phi) is 8.13. The molecule has 2 aromatic heterocycles. The summed E-state index contributed by atoms with van der Waals surface area (Å²) in [4.78, 5) is 22.3. The van der Waals surface area contributed by atoms with Crippen molar-refractivity contribution in [3.8, 4) is 21.6 Å². The van der Waals surface area contributed by atoms with Crippen LogP contribution in [0, 0.1) is 35.0 Å². The molecule has 2 heterocycles. The van der Waals surface area contributed by atoms with Crippen LogP contribution in [-0.2, 0) is 0 Å². The lowest BCUT2D eigenvalue weighted by Crippen LogP contribution is -2.44. The molecular weight excluding hydrogens is 460 g/mol. The molecule has 0 bridgehead atoms. The second-order valence-corrected chi connectivity index (χ2v) is 12.0. The zero-order valence-corrected chi connectivity index (χ0v) is 22.1. The third-order valence-corrected chi connectivity index (χ3v) is 9.91. The maximum atomic E-state index is 13.9. The third-order valence-electron chi connectivity index (χ3n) is 7.61. The van der Waals surface area contributed by atoms with Gasteiger partial charge in [-0.3, -0.25) is 9.79 Å². The summed E-state index contributed by atoms with van der Waals surface area (Å²) in [5.41, 5.74) is 5.98. The fourth-order valence-electron chi connectivity index (χ4n) is 6.11. The van der Waals surface area contributed by atoms with Gasteiger partial charge in [-0.05, 0) is 101 Å². The molecular formula is C27H36N4OS2. The van der Waals surface area contributed by atoms with E-state index >= 15 is 0 Å². The molecule has 0 radical (unpaired) electrons. The van der Waals surface area contributed by atoms with Crippen molar-refractivity contribution in [1.82, 2.24) is 10.6 Å². The third kappa shape index (κ3) is 5.40. The summed E-state index contributed by atoms with van der Waals surface area (Å²) in [5.74, 6) is 8.24. The van der Waals surface area contributed by atoms with Gasteiger partial charge in [-0.25, -0.2) is 0 Å². The van der Waals surface area contributed by atoms with Gasteiger partial charge < -0.3 is 16.4 Å². The van der Waals surface area contributed by atoms with Crippen LogP contribution < -0.4 is 16.4 Å². The number of nitrogens with zero attached hydrogens (tertiary/aromatic N) is 1. The van der Waals surface area contributed by atoms with Gasteiger partial charge in [-0.2, -0.15) is 0 Å². The second-order valence-electron chi connectivity index (χ2n) is 9.79. The minimum atomic E-state index is 0.0955. The first-order valence-electron chi connectivity index (χ1n) is 12.3. The van der Waals surface area contributed by atoms with Crippen molar-refractivity contribution < 1.29 is 4.79 Å². The van der Waals surface area contributed by atoms with Crippen molar-refractivity contribution >= 4 is 34.4 Å². The molecule has 0 saturated heterocycles. The predicted molar refractivity (Wildman–Crippen MR) is 145 cm³/mol. The molecule has 0 amide bonds. The number of guanidine groups is 1. The van der Waals surface area contributed by atoms with E-state index in [1.165, 1.54) is 16.2 Å². The molecule has 4 rings (SSSR count). The van der Waals surface area contributed by atoms with Crippen LogP contribution in [0.5, 0.6) is 0 Å². The molecule has 4 atom stereocenters. The van der Waals surface area contributed by atoms with Crippen molar-refractivity contribution in [3.05, 3.63) is 34.0 Å². The summed E-state index contributed by atoms with van der Waals surface area (Å²) < 4.78 is 0. The first kappa shape index (κ1) is 25.0. The van der Waals surface area contributed by atoms with Gasteiger partial charge >= 0.3 is 0 Å². The van der Waals surface area contributed by atoms with Crippen LogP contribution in [0.15, 0.2) is 29.3 Å². The predicted octanol–water partition coefficient (Wildman–Crippen LogP) is 4.99. The summed E-state index contributed by atoms with van der Waals surface area (Å²) in [7, 11) is 3.74. The average molecular weight is 497 g/mol. The smallest absolute Gasteiger partial charge is 0.188 e. The van der Waals surface area contributed by atoms with Crippen LogP contribution in [0.4, 0.5) is 0 Å². The van der Waals surface area contributed by atoms with Crippen LogP contribution in [0.2, 0.25) is 0 Å². The lowest BCUT2D eigenvalue weighted by molar-refractivity contribution is 0.0458. The van der Waals surface area contributed by atoms with Gasteiger partial charge in [0.15, 0.2) is 11.7 Å². The highest BCUT2D eigenvalue weighted by molar-refractivity contribution is 7.23. The number of hydrogen-bond donors (Lipinski definition) is 3. The summed E-state index contributed by atoms with van der Waals surface area (Å²) in [6, 6.07) is 8.35. The molecule has 2 aromatic rings. The Labute approximate surface area is 211 Å². The largest absolute Gasteiger partial charge is 0.370 e. The quantitative estimate of drug-likeness (QED) is 0.218. The maximum absolute atomic E-state index is 13.9. The van der Waals surface area contributed by atoms with Gasteiger partial charge in [0, 0.05) is 29.3 Å². The molecule has 1 spiro atoms. The zero-order valence-electron chi connectivity index (χ0n) is 20.4. The Morgan fingerprint density at radius 3 is 2.59 bits per heavy atom. The molecule has 2 saturated carbocycles. The molecule has 0 aromatic carbocycles. The second kappa shape index (κ2) is 11.1. The minimum Gasteiger partial charge on any atom is -0.370 e. The standard InChI is InChI=1S/C27H36N4OS2/c1-4-5-20-7-9-22(33-20)23-10-11-24(34-23)25(32)21-8-6-18(17-31-26(28)30-3)14-27(21)13-12-19(15-27)16-29-2/h7,9-11,18-19,21,29H,6,8,12-17H2,1-3H3,(H3,28,30,31). The van der Waals surface area contributed by atoms with E-state index in [0.29, 0.717) is 23.6 Å². The molecule has 34 heavy (non-hydrogen) atoms. The van der Waals surface area contributed by atoms with Crippen molar-refractivity contribution in [2.45, 2.75) is 45.4 Å². The number of nitrogens with two attached hydrogens (primary N) is 1. The number of hydrogen-bond acceptors (Lipinski definition) is 5. The Bertz CT molecular complexity index is 1090. The Hall–Kier alpha value is -2.14. The molecule has 182 valence electrons. The number of ketones is 1. The fourth-order valence-corrected chi connectivity index (χ4v) is 8.11. The Morgan fingerprint density at radius 2 is 1.85 bits per heavy atom. The van der Waals surface area contributed by atoms with Crippen molar-refractivity contribution in [2.75, 3.05) is 27.2 Å². The van der Waals surface area contributed by atoms with Gasteiger partial charge in [-0.15, -0.1) is 28.6 Å². The highest BCUT2D eigenvalue weighted by atomic mass is 32.1. The molecule has 2 fully saturated rings. The first-order valence-corrected chi connectivity index (χ1v) is 13.9. The summed E-state index contributed by atoms with van der Waals surface area (Å²) in [5, 5.41) is 6.64. The van der Waals surface area contributed by atoms with E-state index in [-0.39, 0.29) is 11.3 Å². The van der Waals surface area contributed by atoms with Gasteiger partial charge in [0.25, 0.3) is 0 Å². The molecule has 2 aliphatic rings. The number of aliphatic imine (C=N–C) groups is 1. The number of nitrogens with one attached hydrogen (secondary N) is 2. The number of carbonyl (C=O) groups is 1. The summed E-state index contributed by atoms with van der Waals surface area (Å²) in [6.45, 7) is 3.73. The van der Waals surface area contributed by atoms with E-state index in [4.69, 9.17) is 5.73 Å². The fraction of sp³-hybridized carbons (Fsp3) is 0.556. The number of rotatable bonds is 7. The van der Waals surface area contributed by atoms with Crippen LogP contribution in [0.25, 0.3) is 9.75 Å². The SMILES string of the molecule is CC#Cc1ccc(-c2ccc(C(=O)C3CCC(CNC(N)=NC)CC34CCC(CNC)C4)s2)s1. The van der Waals surface area contributed by atoms with Crippen LogP contribution in [-0.4, -0.2) is 38.9 Å². The van der Waals surface area contributed by atoms with E-state index in [9.17, 15) is 4.79 Å². The van der Waals surface area contributed by atoms with E-state index in [0.717, 1.165) is 54.9 Å².